The Balaban J connectivity index is 3.13. The van der Waals surface area contributed by atoms with Gasteiger partial charge in [-0.3, -0.25) is 0 Å². The molecule has 0 saturated carbocycles. The third-order valence-electron chi connectivity index (χ3n) is 1.34. The lowest BCUT2D eigenvalue weighted by Gasteiger charge is -2.09. The average Bonchev–Trinajstić information content (AvgIpc) is 1.89. The van der Waals surface area contributed by atoms with Crippen LogP contribution in [0.4, 0.5) is 0 Å². The Labute approximate surface area is 58.1 Å². The van der Waals surface area contributed by atoms with Crippen LogP contribution in [0.25, 0.3) is 0 Å². The summed E-state index contributed by atoms with van der Waals surface area (Å²) in [4.78, 5) is 2.25. The third kappa shape index (κ3) is 5.39. The molecule has 0 fully saturated rings. The maximum absolute atomic E-state index is 3.02. The molecular weight excluding hydrogens is 110 g/mol. The zero-order chi connectivity index (χ0) is 7.11. The minimum atomic E-state index is 1.00. The molecule has 52 valence electrons. The second kappa shape index (κ2) is 5.65. The van der Waals surface area contributed by atoms with Gasteiger partial charge in [0.25, 0.3) is 0 Å². The molecule has 0 aromatic carbocycles. The Morgan fingerprint density at radius 1 is 1.44 bits per heavy atom. The van der Waals surface area contributed by atoms with Crippen molar-refractivity contribution < 1.29 is 0 Å². The summed E-state index contributed by atoms with van der Waals surface area (Å²) in [6, 6.07) is 0. The summed E-state index contributed by atoms with van der Waals surface area (Å²) >= 11 is 0. The van der Waals surface area contributed by atoms with E-state index >= 15 is 0 Å². The van der Waals surface area contributed by atoms with Gasteiger partial charge >= 0.3 is 0 Å². The molecule has 0 amide bonds. The summed E-state index contributed by atoms with van der Waals surface area (Å²) in [5, 5.41) is 0. The van der Waals surface area contributed by atoms with Crippen molar-refractivity contribution in [1.29, 1.82) is 0 Å². The Bertz CT molecular complexity index is 107. The Kier molecular flexibility index (Phi) is 5.35. The molecule has 0 saturated heterocycles. The van der Waals surface area contributed by atoms with Crippen molar-refractivity contribution >= 4 is 0 Å². The van der Waals surface area contributed by atoms with E-state index in [0.29, 0.717) is 0 Å². The summed E-state index contributed by atoms with van der Waals surface area (Å²) in [7, 11) is 2.11. The lowest BCUT2D eigenvalue weighted by molar-refractivity contribution is 0.362. The molecule has 0 aliphatic carbocycles. The maximum atomic E-state index is 3.02. The van der Waals surface area contributed by atoms with Gasteiger partial charge in [-0.1, -0.05) is 6.92 Å². The summed E-state index contributed by atoms with van der Waals surface area (Å²) in [5.74, 6) is 5.89. The van der Waals surface area contributed by atoms with Crippen molar-refractivity contribution in [2.45, 2.75) is 20.3 Å². The van der Waals surface area contributed by atoms with Crippen LogP contribution in [0.15, 0.2) is 0 Å². The molecule has 0 spiro atoms. The smallest absolute Gasteiger partial charge is 0.0216 e. The molecule has 0 radical (unpaired) electrons. The van der Waals surface area contributed by atoms with Gasteiger partial charge in [0.15, 0.2) is 0 Å². The van der Waals surface area contributed by atoms with Crippen LogP contribution in [-0.2, 0) is 0 Å². The fourth-order valence-electron chi connectivity index (χ4n) is 0.530. The van der Waals surface area contributed by atoms with Gasteiger partial charge in [-0.25, -0.2) is 0 Å². The SMILES string of the molecule is CC#CCCN(C)CC. The highest BCUT2D eigenvalue weighted by Gasteiger charge is 1.88. The average molecular weight is 125 g/mol. The van der Waals surface area contributed by atoms with Crippen LogP contribution in [0, 0.1) is 11.8 Å². The molecule has 0 heterocycles. The van der Waals surface area contributed by atoms with Crippen molar-refractivity contribution in [3.8, 4) is 11.8 Å². The molecule has 0 unspecified atom stereocenters. The Hall–Kier alpha value is -0.480. The minimum Gasteiger partial charge on any atom is -0.306 e. The van der Waals surface area contributed by atoms with E-state index in [2.05, 4.69) is 30.7 Å². The molecule has 0 bridgehead atoms. The van der Waals surface area contributed by atoms with Crippen LogP contribution in [0.3, 0.4) is 0 Å². The van der Waals surface area contributed by atoms with Gasteiger partial charge in [0.05, 0.1) is 0 Å². The van der Waals surface area contributed by atoms with E-state index in [0.717, 1.165) is 19.5 Å². The molecule has 1 nitrogen and oxygen atoms in total. The number of nitrogens with zero attached hydrogens (tertiary/aromatic N) is 1. The second-order valence-electron chi connectivity index (χ2n) is 2.07. The molecule has 0 aliphatic rings. The predicted molar refractivity (Wildman–Crippen MR) is 41.2 cm³/mol. The van der Waals surface area contributed by atoms with Crippen molar-refractivity contribution in [3.63, 3.8) is 0 Å². The first-order valence-corrected chi connectivity index (χ1v) is 3.39. The fraction of sp³-hybridized carbons (Fsp3) is 0.750. The molecule has 1 heteroatoms. The molecule has 0 rings (SSSR count). The quantitative estimate of drug-likeness (QED) is 0.515. The van der Waals surface area contributed by atoms with Gasteiger partial charge in [0.1, 0.15) is 0 Å². The van der Waals surface area contributed by atoms with E-state index in [1.165, 1.54) is 0 Å². The van der Waals surface area contributed by atoms with Crippen molar-refractivity contribution in [3.05, 3.63) is 0 Å². The highest BCUT2D eigenvalue weighted by Crippen LogP contribution is 1.83. The maximum Gasteiger partial charge on any atom is 0.0216 e. The zero-order valence-corrected chi connectivity index (χ0v) is 6.57. The summed E-state index contributed by atoms with van der Waals surface area (Å²) in [5.41, 5.74) is 0. The fourth-order valence-corrected chi connectivity index (χ4v) is 0.530. The van der Waals surface area contributed by atoms with Crippen molar-refractivity contribution in [1.82, 2.24) is 4.90 Å². The molecule has 0 aliphatic heterocycles. The first kappa shape index (κ1) is 8.52. The highest BCUT2D eigenvalue weighted by atomic mass is 15.1. The molecule has 0 aromatic rings. The van der Waals surface area contributed by atoms with Crippen LogP contribution >= 0.6 is 0 Å². The monoisotopic (exact) mass is 125 g/mol. The molecule has 0 atom stereocenters. The molecule has 9 heavy (non-hydrogen) atoms. The first-order valence-electron chi connectivity index (χ1n) is 3.39. The van der Waals surface area contributed by atoms with Gasteiger partial charge in [0.2, 0.25) is 0 Å². The van der Waals surface area contributed by atoms with Crippen LogP contribution in [-0.4, -0.2) is 25.0 Å². The zero-order valence-electron chi connectivity index (χ0n) is 6.57. The summed E-state index contributed by atoms with van der Waals surface area (Å²) < 4.78 is 0. The van der Waals surface area contributed by atoms with Crippen LogP contribution in [0.2, 0.25) is 0 Å². The van der Waals surface area contributed by atoms with Crippen molar-refractivity contribution in [2.75, 3.05) is 20.1 Å². The van der Waals surface area contributed by atoms with E-state index in [1.54, 1.807) is 0 Å². The number of hydrogen-bond acceptors (Lipinski definition) is 1. The predicted octanol–water partition coefficient (Wildman–Crippen LogP) is 1.35. The largest absolute Gasteiger partial charge is 0.306 e. The molecule has 0 N–H and O–H groups in total. The van der Waals surface area contributed by atoms with E-state index in [4.69, 9.17) is 0 Å². The summed E-state index contributed by atoms with van der Waals surface area (Å²) in [6.07, 6.45) is 1.00. The van der Waals surface area contributed by atoms with E-state index in [-0.39, 0.29) is 0 Å². The normalized spacial score (nSPS) is 8.89. The van der Waals surface area contributed by atoms with Crippen LogP contribution in [0.5, 0.6) is 0 Å². The lowest BCUT2D eigenvalue weighted by Crippen LogP contribution is -2.18. The molecular formula is C8H15N. The van der Waals surface area contributed by atoms with Gasteiger partial charge in [0, 0.05) is 13.0 Å². The van der Waals surface area contributed by atoms with Crippen molar-refractivity contribution in [2.24, 2.45) is 0 Å². The number of hydrogen-bond donors (Lipinski definition) is 0. The standard InChI is InChI=1S/C8H15N/c1-4-6-7-8-9(3)5-2/h5,7-8H2,1-3H3. The third-order valence-corrected chi connectivity index (χ3v) is 1.34. The second-order valence-corrected chi connectivity index (χ2v) is 2.07. The van der Waals surface area contributed by atoms with E-state index < -0.39 is 0 Å². The lowest BCUT2D eigenvalue weighted by atomic mass is 10.4. The highest BCUT2D eigenvalue weighted by molar-refractivity contribution is 4.95. The Morgan fingerprint density at radius 2 is 2.11 bits per heavy atom. The topological polar surface area (TPSA) is 3.24 Å². The minimum absolute atomic E-state index is 1.00. The number of rotatable bonds is 3. The first-order chi connectivity index (χ1) is 4.31. The van der Waals surface area contributed by atoms with Crippen LogP contribution in [0.1, 0.15) is 20.3 Å². The van der Waals surface area contributed by atoms with Crippen LogP contribution < -0.4 is 0 Å². The van der Waals surface area contributed by atoms with Gasteiger partial charge in [-0.05, 0) is 20.5 Å². The summed E-state index contributed by atoms with van der Waals surface area (Å²) in [6.45, 7) is 6.24. The van der Waals surface area contributed by atoms with Gasteiger partial charge in [-0.2, -0.15) is 0 Å². The Morgan fingerprint density at radius 3 is 2.56 bits per heavy atom. The van der Waals surface area contributed by atoms with E-state index in [1.807, 2.05) is 6.92 Å². The van der Waals surface area contributed by atoms with Gasteiger partial charge in [-0.15, -0.1) is 11.8 Å². The van der Waals surface area contributed by atoms with Gasteiger partial charge < -0.3 is 4.90 Å². The molecule has 0 aromatic heterocycles. The van der Waals surface area contributed by atoms with E-state index in [9.17, 15) is 0 Å².